The predicted molar refractivity (Wildman–Crippen MR) is 74.4 cm³/mol. The van der Waals surface area contributed by atoms with E-state index >= 15 is 0 Å². The Bertz CT molecular complexity index is 740. The van der Waals surface area contributed by atoms with Crippen molar-refractivity contribution < 1.29 is 13.2 Å². The van der Waals surface area contributed by atoms with Crippen LogP contribution in [0.15, 0.2) is 58.3 Å². The van der Waals surface area contributed by atoms with E-state index in [0.29, 0.717) is 5.69 Å². The van der Waals surface area contributed by atoms with Gasteiger partial charge in [-0.05, 0) is 36.4 Å². The quantitative estimate of drug-likeness (QED) is 0.333. The van der Waals surface area contributed by atoms with Gasteiger partial charge in [-0.3, -0.25) is 10.2 Å². The van der Waals surface area contributed by atoms with Crippen LogP contribution in [0, 0.1) is 0 Å². The summed E-state index contributed by atoms with van der Waals surface area (Å²) in [7, 11) is -3.81. The van der Waals surface area contributed by atoms with Crippen LogP contribution in [0.3, 0.4) is 0 Å². The number of nitrogens with one attached hydrogen (secondary N) is 1. The standard InChI is InChI=1S/C13H13N3O3S/c14-9-5-7-10(8-6-9)20(18,19)12-4-2-1-3-11(12)13(17)16-15/h1-8H,14-15H2,(H,16,17). The molecule has 20 heavy (non-hydrogen) atoms. The van der Waals surface area contributed by atoms with Gasteiger partial charge in [-0.25, -0.2) is 14.3 Å². The van der Waals surface area contributed by atoms with Gasteiger partial charge >= 0.3 is 0 Å². The summed E-state index contributed by atoms with van der Waals surface area (Å²) in [5.74, 6) is 4.40. The second kappa shape index (κ2) is 5.32. The summed E-state index contributed by atoms with van der Waals surface area (Å²) in [6.07, 6.45) is 0. The van der Waals surface area contributed by atoms with Crippen LogP contribution >= 0.6 is 0 Å². The first kappa shape index (κ1) is 14.0. The summed E-state index contributed by atoms with van der Waals surface area (Å²) >= 11 is 0. The summed E-state index contributed by atoms with van der Waals surface area (Å²) in [5, 5.41) is 0. The number of hydrogen-bond donors (Lipinski definition) is 3. The number of hydrogen-bond acceptors (Lipinski definition) is 5. The molecule has 0 heterocycles. The van der Waals surface area contributed by atoms with Crippen LogP contribution in [0.5, 0.6) is 0 Å². The molecule has 0 bridgehead atoms. The molecule has 6 nitrogen and oxygen atoms in total. The van der Waals surface area contributed by atoms with Gasteiger partial charge < -0.3 is 5.73 Å². The molecule has 104 valence electrons. The first-order valence-corrected chi connectivity index (χ1v) is 7.15. The lowest BCUT2D eigenvalue weighted by atomic mass is 10.2. The van der Waals surface area contributed by atoms with E-state index in [1.54, 1.807) is 6.07 Å². The highest BCUT2D eigenvalue weighted by molar-refractivity contribution is 7.91. The minimum Gasteiger partial charge on any atom is -0.399 e. The third-order valence-electron chi connectivity index (χ3n) is 2.74. The molecule has 0 aliphatic carbocycles. The second-order valence-electron chi connectivity index (χ2n) is 4.04. The number of benzene rings is 2. The highest BCUT2D eigenvalue weighted by Gasteiger charge is 2.23. The Morgan fingerprint density at radius 3 is 2.20 bits per heavy atom. The normalized spacial score (nSPS) is 11.1. The second-order valence-corrected chi connectivity index (χ2v) is 5.96. The van der Waals surface area contributed by atoms with Crippen LogP contribution in [0.25, 0.3) is 0 Å². The predicted octanol–water partition coefficient (Wildman–Crippen LogP) is 0.705. The summed E-state index contributed by atoms with van der Waals surface area (Å²) in [6.45, 7) is 0. The van der Waals surface area contributed by atoms with Crippen molar-refractivity contribution in [3.05, 3.63) is 54.1 Å². The van der Waals surface area contributed by atoms with Crippen molar-refractivity contribution in [2.45, 2.75) is 9.79 Å². The van der Waals surface area contributed by atoms with Crippen molar-refractivity contribution in [3.8, 4) is 0 Å². The Kier molecular flexibility index (Phi) is 3.73. The molecular formula is C13H13N3O3S. The summed E-state index contributed by atoms with van der Waals surface area (Å²) in [4.78, 5) is 11.6. The average molecular weight is 291 g/mol. The number of sulfone groups is 1. The summed E-state index contributed by atoms with van der Waals surface area (Å²) in [5.41, 5.74) is 7.91. The number of amides is 1. The fourth-order valence-electron chi connectivity index (χ4n) is 1.74. The van der Waals surface area contributed by atoms with E-state index in [0.717, 1.165) is 0 Å². The van der Waals surface area contributed by atoms with Gasteiger partial charge in [0.2, 0.25) is 9.84 Å². The van der Waals surface area contributed by atoms with Gasteiger partial charge in [-0.15, -0.1) is 0 Å². The number of hydrazine groups is 1. The van der Waals surface area contributed by atoms with E-state index in [1.807, 2.05) is 5.43 Å². The molecule has 0 saturated heterocycles. The molecule has 0 saturated carbocycles. The van der Waals surface area contributed by atoms with E-state index in [-0.39, 0.29) is 15.4 Å². The molecule has 2 aromatic carbocycles. The van der Waals surface area contributed by atoms with Crippen molar-refractivity contribution in [1.29, 1.82) is 0 Å². The monoisotopic (exact) mass is 291 g/mol. The molecule has 0 radical (unpaired) electrons. The molecular weight excluding hydrogens is 278 g/mol. The van der Waals surface area contributed by atoms with Gasteiger partial charge in [-0.2, -0.15) is 0 Å². The van der Waals surface area contributed by atoms with E-state index in [4.69, 9.17) is 11.6 Å². The van der Waals surface area contributed by atoms with Gasteiger partial charge in [0.15, 0.2) is 0 Å². The Morgan fingerprint density at radius 1 is 1.00 bits per heavy atom. The minimum absolute atomic E-state index is 0.00757. The Labute approximate surface area is 116 Å². The number of anilines is 1. The van der Waals surface area contributed by atoms with Crippen LogP contribution in [0.1, 0.15) is 10.4 Å². The van der Waals surface area contributed by atoms with Crippen molar-refractivity contribution in [2.75, 3.05) is 5.73 Å². The number of nitrogen functional groups attached to an aromatic ring is 2. The Hall–Kier alpha value is -2.38. The van der Waals surface area contributed by atoms with E-state index in [9.17, 15) is 13.2 Å². The van der Waals surface area contributed by atoms with Crippen LogP contribution in [0.2, 0.25) is 0 Å². The molecule has 5 N–H and O–H groups in total. The molecule has 0 aliphatic heterocycles. The van der Waals surface area contributed by atoms with Crippen LogP contribution in [0.4, 0.5) is 5.69 Å². The highest BCUT2D eigenvalue weighted by atomic mass is 32.2. The molecule has 7 heteroatoms. The van der Waals surface area contributed by atoms with Gasteiger partial charge in [0.25, 0.3) is 5.91 Å². The average Bonchev–Trinajstić information content (AvgIpc) is 2.47. The number of carbonyl (C=O) groups is 1. The van der Waals surface area contributed by atoms with Crippen molar-refractivity contribution in [2.24, 2.45) is 5.84 Å². The molecule has 0 aromatic heterocycles. The molecule has 2 aromatic rings. The molecule has 0 unspecified atom stereocenters. The SMILES string of the molecule is NNC(=O)c1ccccc1S(=O)(=O)c1ccc(N)cc1. The lowest BCUT2D eigenvalue weighted by molar-refractivity contribution is 0.0950. The van der Waals surface area contributed by atoms with Gasteiger partial charge in [0.1, 0.15) is 0 Å². The smallest absolute Gasteiger partial charge is 0.266 e. The van der Waals surface area contributed by atoms with Crippen molar-refractivity contribution >= 4 is 21.4 Å². The van der Waals surface area contributed by atoms with Gasteiger partial charge in [-0.1, -0.05) is 12.1 Å². The Morgan fingerprint density at radius 2 is 1.60 bits per heavy atom. The fraction of sp³-hybridized carbons (Fsp3) is 0. The molecule has 0 aliphatic rings. The van der Waals surface area contributed by atoms with Crippen molar-refractivity contribution in [3.63, 3.8) is 0 Å². The summed E-state index contributed by atoms with van der Waals surface area (Å²) in [6, 6.07) is 11.6. The fourth-order valence-corrected chi connectivity index (χ4v) is 3.20. The number of nitrogens with two attached hydrogens (primary N) is 2. The zero-order valence-electron chi connectivity index (χ0n) is 10.4. The number of carbonyl (C=O) groups excluding carboxylic acids is 1. The summed E-state index contributed by atoms with van der Waals surface area (Å²) < 4.78 is 25.0. The van der Waals surface area contributed by atoms with E-state index in [2.05, 4.69) is 0 Å². The zero-order valence-corrected chi connectivity index (χ0v) is 11.2. The number of rotatable bonds is 3. The Balaban J connectivity index is 2.61. The van der Waals surface area contributed by atoms with E-state index < -0.39 is 15.7 Å². The lowest BCUT2D eigenvalue weighted by Gasteiger charge is -2.09. The first-order valence-electron chi connectivity index (χ1n) is 5.67. The highest BCUT2D eigenvalue weighted by Crippen LogP contribution is 2.24. The molecule has 1 amide bonds. The molecule has 0 fully saturated rings. The topological polar surface area (TPSA) is 115 Å². The van der Waals surface area contributed by atoms with Gasteiger partial charge in [0, 0.05) is 5.69 Å². The lowest BCUT2D eigenvalue weighted by Crippen LogP contribution is -2.31. The first-order chi connectivity index (χ1) is 9.46. The van der Waals surface area contributed by atoms with Crippen LogP contribution in [-0.4, -0.2) is 14.3 Å². The molecule has 0 atom stereocenters. The minimum atomic E-state index is -3.81. The largest absolute Gasteiger partial charge is 0.399 e. The molecule has 0 spiro atoms. The molecule has 2 rings (SSSR count). The van der Waals surface area contributed by atoms with E-state index in [1.165, 1.54) is 42.5 Å². The zero-order chi connectivity index (χ0) is 14.8. The van der Waals surface area contributed by atoms with Crippen LogP contribution in [-0.2, 0) is 9.84 Å². The third-order valence-corrected chi connectivity index (χ3v) is 4.57. The van der Waals surface area contributed by atoms with Crippen LogP contribution < -0.4 is 17.0 Å². The van der Waals surface area contributed by atoms with Gasteiger partial charge in [0.05, 0.1) is 15.4 Å². The third kappa shape index (κ3) is 2.49. The van der Waals surface area contributed by atoms with Crippen molar-refractivity contribution in [1.82, 2.24) is 5.43 Å². The maximum absolute atomic E-state index is 12.5. The maximum atomic E-state index is 12.5. The maximum Gasteiger partial charge on any atom is 0.266 e.